The highest BCUT2D eigenvalue weighted by Gasteiger charge is 2.20. The summed E-state index contributed by atoms with van der Waals surface area (Å²) in [7, 11) is 0. The average molecular weight is 496 g/mol. The lowest BCUT2D eigenvalue weighted by Crippen LogP contribution is -2.38. The molecule has 3 aromatic rings. The number of hydrogen-bond acceptors (Lipinski definition) is 6. The maximum atomic E-state index is 13.9. The second kappa shape index (κ2) is 12.5. The Labute approximate surface area is 208 Å². The highest BCUT2D eigenvalue weighted by molar-refractivity contribution is 7.13. The molecule has 0 unspecified atom stereocenters. The summed E-state index contributed by atoms with van der Waals surface area (Å²) in [6.45, 7) is 3.13. The Hall–Kier alpha value is -3.17. The predicted molar refractivity (Wildman–Crippen MR) is 135 cm³/mol. The molecule has 2 aromatic carbocycles. The van der Waals surface area contributed by atoms with E-state index in [1.54, 1.807) is 6.07 Å². The SMILES string of the molecule is O=C(CCCc1nnc(C(=O)Nc2ccccc2)s1)NCC1CCN(Cc2ccccc2F)CC1. The molecular formula is C26H30FN5O2S. The van der Waals surface area contributed by atoms with E-state index in [9.17, 15) is 14.0 Å². The van der Waals surface area contributed by atoms with Crippen molar-refractivity contribution < 1.29 is 14.0 Å². The second-order valence-electron chi connectivity index (χ2n) is 8.79. The maximum Gasteiger partial charge on any atom is 0.286 e. The Morgan fingerprint density at radius 1 is 1.03 bits per heavy atom. The minimum absolute atomic E-state index is 0.0327. The van der Waals surface area contributed by atoms with Crippen molar-refractivity contribution in [2.75, 3.05) is 25.0 Å². The fraction of sp³-hybridized carbons (Fsp3) is 0.385. The zero-order valence-corrected chi connectivity index (χ0v) is 20.4. The number of nitrogens with zero attached hydrogens (tertiary/aromatic N) is 3. The molecule has 0 spiro atoms. The summed E-state index contributed by atoms with van der Waals surface area (Å²) in [6.07, 6.45) is 3.66. The summed E-state index contributed by atoms with van der Waals surface area (Å²) in [6, 6.07) is 16.1. The van der Waals surface area contributed by atoms with Gasteiger partial charge in [-0.2, -0.15) is 0 Å². The standard InChI is InChI=1S/C26H30FN5O2S/c27-22-10-5-4-7-20(22)18-32-15-13-19(14-16-32)17-28-23(33)11-6-12-24-30-31-26(35-24)25(34)29-21-8-2-1-3-9-21/h1-5,7-10,19H,6,11-18H2,(H,28,33)(H,29,34). The van der Waals surface area contributed by atoms with Gasteiger partial charge >= 0.3 is 0 Å². The number of para-hydroxylation sites is 1. The lowest BCUT2D eigenvalue weighted by molar-refractivity contribution is -0.121. The van der Waals surface area contributed by atoms with Gasteiger partial charge in [0.1, 0.15) is 10.8 Å². The minimum Gasteiger partial charge on any atom is -0.356 e. The largest absolute Gasteiger partial charge is 0.356 e. The van der Waals surface area contributed by atoms with Crippen LogP contribution in [0.25, 0.3) is 0 Å². The Kier molecular flexibility index (Phi) is 8.91. The highest BCUT2D eigenvalue weighted by Crippen LogP contribution is 2.20. The third kappa shape index (κ3) is 7.66. The van der Waals surface area contributed by atoms with E-state index in [-0.39, 0.29) is 17.6 Å². The number of carbonyl (C=O) groups is 2. The van der Waals surface area contributed by atoms with E-state index in [1.165, 1.54) is 17.4 Å². The van der Waals surface area contributed by atoms with Gasteiger partial charge in [-0.3, -0.25) is 14.5 Å². The van der Waals surface area contributed by atoms with E-state index >= 15 is 0 Å². The number of likely N-dealkylation sites (tertiary alicyclic amines) is 1. The van der Waals surface area contributed by atoms with Crippen molar-refractivity contribution in [2.24, 2.45) is 5.92 Å². The van der Waals surface area contributed by atoms with Crippen LogP contribution in [0.3, 0.4) is 0 Å². The number of anilines is 1. The predicted octanol–water partition coefficient (Wildman–Crippen LogP) is 4.28. The van der Waals surface area contributed by atoms with Gasteiger partial charge in [0.2, 0.25) is 10.9 Å². The molecule has 4 rings (SSSR count). The Morgan fingerprint density at radius 2 is 1.77 bits per heavy atom. The quantitative estimate of drug-likeness (QED) is 0.438. The zero-order valence-electron chi connectivity index (χ0n) is 19.6. The Balaban J connectivity index is 1.10. The van der Waals surface area contributed by atoms with Gasteiger partial charge in [-0.15, -0.1) is 10.2 Å². The van der Waals surface area contributed by atoms with Crippen LogP contribution in [0.5, 0.6) is 0 Å². The topological polar surface area (TPSA) is 87.2 Å². The number of hydrogen-bond donors (Lipinski definition) is 2. The van der Waals surface area contributed by atoms with Gasteiger partial charge in [-0.1, -0.05) is 47.7 Å². The summed E-state index contributed by atoms with van der Waals surface area (Å²) >= 11 is 1.26. The first-order valence-corrected chi connectivity index (χ1v) is 12.8. The first-order chi connectivity index (χ1) is 17.1. The molecule has 1 saturated heterocycles. The first kappa shape index (κ1) is 24.9. The van der Waals surface area contributed by atoms with Gasteiger partial charge in [0.15, 0.2) is 0 Å². The number of carbonyl (C=O) groups excluding carboxylic acids is 2. The van der Waals surface area contributed by atoms with Crippen LogP contribution < -0.4 is 10.6 Å². The molecule has 1 aliphatic heterocycles. The Morgan fingerprint density at radius 3 is 2.54 bits per heavy atom. The van der Waals surface area contributed by atoms with Crippen molar-refractivity contribution in [3.63, 3.8) is 0 Å². The summed E-state index contributed by atoms with van der Waals surface area (Å²) in [5.41, 5.74) is 1.44. The fourth-order valence-electron chi connectivity index (χ4n) is 4.12. The van der Waals surface area contributed by atoms with E-state index < -0.39 is 0 Å². The number of aryl methyl sites for hydroxylation is 1. The number of aromatic nitrogens is 2. The molecular weight excluding hydrogens is 465 g/mol. The molecule has 0 bridgehead atoms. The second-order valence-corrected chi connectivity index (χ2v) is 9.85. The molecule has 0 radical (unpaired) electrons. The summed E-state index contributed by atoms with van der Waals surface area (Å²) in [5, 5.41) is 15.0. The van der Waals surface area contributed by atoms with Gasteiger partial charge in [-0.25, -0.2) is 4.39 Å². The Bertz CT molecular complexity index is 1120. The van der Waals surface area contributed by atoms with E-state index in [1.807, 2.05) is 42.5 Å². The highest BCUT2D eigenvalue weighted by atomic mass is 32.1. The lowest BCUT2D eigenvalue weighted by Gasteiger charge is -2.32. The summed E-state index contributed by atoms with van der Waals surface area (Å²) in [4.78, 5) is 26.8. The van der Waals surface area contributed by atoms with Crippen molar-refractivity contribution in [2.45, 2.75) is 38.6 Å². The monoisotopic (exact) mass is 495 g/mol. The summed E-state index contributed by atoms with van der Waals surface area (Å²) in [5.74, 6) is 0.0507. The molecule has 2 N–H and O–H groups in total. The zero-order chi connectivity index (χ0) is 24.5. The average Bonchev–Trinajstić information content (AvgIpc) is 3.35. The fourth-order valence-corrected chi connectivity index (χ4v) is 4.89. The normalized spacial score (nSPS) is 14.5. The van der Waals surface area contributed by atoms with Crippen molar-refractivity contribution in [3.8, 4) is 0 Å². The van der Waals surface area contributed by atoms with Gasteiger partial charge in [-0.05, 0) is 56.5 Å². The molecule has 184 valence electrons. The van der Waals surface area contributed by atoms with Crippen molar-refractivity contribution >= 4 is 28.8 Å². The molecule has 2 heterocycles. The van der Waals surface area contributed by atoms with Crippen LogP contribution in [0.2, 0.25) is 0 Å². The van der Waals surface area contributed by atoms with Crippen LogP contribution in [0.15, 0.2) is 54.6 Å². The van der Waals surface area contributed by atoms with Gasteiger partial charge in [0.25, 0.3) is 5.91 Å². The number of piperidine rings is 1. The van der Waals surface area contributed by atoms with E-state index in [0.717, 1.165) is 36.5 Å². The summed E-state index contributed by atoms with van der Waals surface area (Å²) < 4.78 is 13.9. The van der Waals surface area contributed by atoms with E-state index in [0.29, 0.717) is 49.0 Å². The van der Waals surface area contributed by atoms with Crippen LogP contribution in [0.4, 0.5) is 10.1 Å². The molecule has 35 heavy (non-hydrogen) atoms. The van der Waals surface area contributed by atoms with Crippen LogP contribution in [0, 0.1) is 11.7 Å². The third-order valence-electron chi connectivity index (χ3n) is 6.13. The van der Waals surface area contributed by atoms with Gasteiger partial charge in [0.05, 0.1) is 0 Å². The molecule has 2 amide bonds. The number of halogens is 1. The van der Waals surface area contributed by atoms with Crippen LogP contribution in [-0.4, -0.2) is 46.5 Å². The molecule has 7 nitrogen and oxygen atoms in total. The van der Waals surface area contributed by atoms with Gasteiger partial charge < -0.3 is 10.6 Å². The first-order valence-electron chi connectivity index (χ1n) is 12.0. The number of amides is 2. The van der Waals surface area contributed by atoms with Crippen molar-refractivity contribution in [1.29, 1.82) is 0 Å². The number of nitrogens with one attached hydrogen (secondary N) is 2. The van der Waals surface area contributed by atoms with Crippen molar-refractivity contribution in [3.05, 3.63) is 76.0 Å². The van der Waals surface area contributed by atoms with E-state index in [2.05, 4.69) is 25.7 Å². The lowest BCUT2D eigenvalue weighted by atomic mass is 9.96. The van der Waals surface area contributed by atoms with Crippen LogP contribution in [-0.2, 0) is 17.8 Å². The van der Waals surface area contributed by atoms with Crippen LogP contribution in [0.1, 0.15) is 46.1 Å². The minimum atomic E-state index is -0.280. The molecule has 9 heteroatoms. The van der Waals surface area contributed by atoms with Gasteiger partial charge in [0, 0.05) is 37.2 Å². The molecule has 1 aliphatic rings. The van der Waals surface area contributed by atoms with Crippen molar-refractivity contribution in [1.82, 2.24) is 20.4 Å². The number of benzene rings is 2. The number of rotatable bonds is 10. The van der Waals surface area contributed by atoms with E-state index in [4.69, 9.17) is 0 Å². The molecule has 1 aromatic heterocycles. The molecule has 0 atom stereocenters. The smallest absolute Gasteiger partial charge is 0.286 e. The molecule has 1 fully saturated rings. The molecule has 0 saturated carbocycles. The van der Waals surface area contributed by atoms with Crippen LogP contribution >= 0.6 is 11.3 Å². The maximum absolute atomic E-state index is 13.9. The third-order valence-corrected chi connectivity index (χ3v) is 7.12. The molecule has 0 aliphatic carbocycles.